The topological polar surface area (TPSA) is 103 Å². The molecule has 9 heteroatoms. The van der Waals surface area contributed by atoms with Crippen molar-refractivity contribution >= 4 is 17.0 Å². The summed E-state index contributed by atoms with van der Waals surface area (Å²) in [7, 11) is 0. The molecule has 1 aliphatic heterocycles. The number of rotatable bonds is 14. The van der Waals surface area contributed by atoms with Gasteiger partial charge in [0.05, 0.1) is 31.8 Å². The standard InChI is InChI=1S/C35H36N4O5/c1-2-20-41-33-28-18-19-39(32(28)37-35(36)38-33)34-31(43-23-27-16-10-5-11-17-27)30(42-22-26-14-8-4-9-15-26)29(44-34)24-40-21-25-12-6-3-7-13-25/h2-19,29-31,34H,1,20-24H2,(H2,36,37,38)/t29-,30-,31+,34-/m1/s1. The third-order valence-electron chi connectivity index (χ3n) is 7.42. The van der Waals surface area contributed by atoms with Crippen LogP contribution < -0.4 is 10.5 Å². The van der Waals surface area contributed by atoms with Crippen LogP contribution in [0.15, 0.2) is 116 Å². The highest BCUT2D eigenvalue weighted by Crippen LogP contribution is 2.38. The van der Waals surface area contributed by atoms with Gasteiger partial charge in [-0.2, -0.15) is 9.97 Å². The number of ether oxygens (including phenoxy) is 5. The van der Waals surface area contributed by atoms with E-state index in [-0.39, 0.29) is 12.6 Å². The van der Waals surface area contributed by atoms with Crippen molar-refractivity contribution in [3.63, 3.8) is 0 Å². The molecule has 0 saturated carbocycles. The van der Waals surface area contributed by atoms with Crippen LogP contribution in [-0.2, 0) is 38.8 Å². The summed E-state index contributed by atoms with van der Waals surface area (Å²) < 4.78 is 33.9. The number of hydrogen-bond acceptors (Lipinski definition) is 8. The van der Waals surface area contributed by atoms with Crippen LogP contribution in [0.25, 0.3) is 11.0 Å². The Morgan fingerprint density at radius 3 is 1.98 bits per heavy atom. The molecule has 1 aliphatic rings. The average molecular weight is 593 g/mol. The number of nitrogen functional groups attached to an aromatic ring is 1. The van der Waals surface area contributed by atoms with Gasteiger partial charge >= 0.3 is 0 Å². The van der Waals surface area contributed by atoms with Crippen molar-refractivity contribution in [2.24, 2.45) is 0 Å². The SMILES string of the molecule is C=CCOc1nc(N)nc2c1ccn2[C@@H]1O[C@H](COCc2ccccc2)[C@@H](OCc2ccccc2)[C@@H]1OCc1ccccc1. The molecule has 5 aromatic rings. The van der Waals surface area contributed by atoms with Gasteiger partial charge in [-0.05, 0) is 22.8 Å². The number of hydrogen-bond donors (Lipinski definition) is 1. The second-order valence-corrected chi connectivity index (χ2v) is 10.5. The van der Waals surface area contributed by atoms with Crippen molar-refractivity contribution in [2.75, 3.05) is 18.9 Å². The van der Waals surface area contributed by atoms with Gasteiger partial charge in [-0.1, -0.05) is 104 Å². The third-order valence-corrected chi connectivity index (χ3v) is 7.42. The molecule has 9 nitrogen and oxygen atoms in total. The lowest BCUT2D eigenvalue weighted by atomic mass is 10.1. The summed E-state index contributed by atoms with van der Waals surface area (Å²) in [6, 6.07) is 32.1. The molecule has 2 N–H and O–H groups in total. The second kappa shape index (κ2) is 14.3. The first-order valence-corrected chi connectivity index (χ1v) is 14.7. The van der Waals surface area contributed by atoms with E-state index in [0.29, 0.717) is 43.3 Å². The van der Waals surface area contributed by atoms with Crippen LogP contribution in [0.2, 0.25) is 0 Å². The van der Waals surface area contributed by atoms with E-state index in [9.17, 15) is 0 Å². The maximum absolute atomic E-state index is 6.74. The van der Waals surface area contributed by atoms with Gasteiger partial charge in [0.1, 0.15) is 24.9 Å². The van der Waals surface area contributed by atoms with Crippen LogP contribution in [0.3, 0.4) is 0 Å². The van der Waals surface area contributed by atoms with Gasteiger partial charge in [0.2, 0.25) is 11.8 Å². The summed E-state index contributed by atoms with van der Waals surface area (Å²) in [5.74, 6) is 0.474. The first-order chi connectivity index (χ1) is 21.7. The van der Waals surface area contributed by atoms with Crippen LogP contribution in [0, 0.1) is 0 Å². The molecule has 4 atom stereocenters. The molecule has 0 amide bonds. The molecule has 3 aromatic carbocycles. The summed E-state index contributed by atoms with van der Waals surface area (Å²) in [6.45, 7) is 5.54. The Labute approximate surface area is 256 Å². The van der Waals surface area contributed by atoms with Crippen LogP contribution >= 0.6 is 0 Å². The molecule has 0 spiro atoms. The molecule has 0 radical (unpaired) electrons. The molecule has 0 bridgehead atoms. The molecule has 6 rings (SSSR count). The molecule has 0 unspecified atom stereocenters. The molecule has 44 heavy (non-hydrogen) atoms. The lowest BCUT2D eigenvalue weighted by Gasteiger charge is -2.26. The monoisotopic (exact) mass is 592 g/mol. The molecular weight excluding hydrogens is 556 g/mol. The van der Waals surface area contributed by atoms with Crippen LogP contribution in [-0.4, -0.2) is 46.1 Å². The number of fused-ring (bicyclic) bond motifs is 1. The van der Waals surface area contributed by atoms with E-state index >= 15 is 0 Å². The van der Waals surface area contributed by atoms with E-state index in [1.165, 1.54) is 0 Å². The third kappa shape index (κ3) is 6.98. The molecule has 2 aromatic heterocycles. The fraction of sp³-hybridized carbons (Fsp3) is 0.257. The molecule has 3 heterocycles. The maximum atomic E-state index is 6.74. The minimum absolute atomic E-state index is 0.0934. The van der Waals surface area contributed by atoms with E-state index in [2.05, 4.69) is 16.5 Å². The van der Waals surface area contributed by atoms with E-state index < -0.39 is 24.5 Å². The molecule has 0 aliphatic carbocycles. The summed E-state index contributed by atoms with van der Waals surface area (Å²) >= 11 is 0. The molecular formula is C35H36N4O5. The second-order valence-electron chi connectivity index (χ2n) is 10.5. The summed E-state index contributed by atoms with van der Waals surface area (Å²) in [4.78, 5) is 8.87. The summed E-state index contributed by atoms with van der Waals surface area (Å²) in [5.41, 5.74) is 9.87. The van der Waals surface area contributed by atoms with Crippen molar-refractivity contribution in [1.29, 1.82) is 0 Å². The van der Waals surface area contributed by atoms with Crippen molar-refractivity contribution in [2.45, 2.75) is 44.4 Å². The van der Waals surface area contributed by atoms with Gasteiger partial charge in [-0.25, -0.2) is 0 Å². The van der Waals surface area contributed by atoms with Crippen molar-refractivity contribution in [3.8, 4) is 5.88 Å². The van der Waals surface area contributed by atoms with Gasteiger partial charge in [-0.15, -0.1) is 0 Å². The Morgan fingerprint density at radius 2 is 1.36 bits per heavy atom. The largest absolute Gasteiger partial charge is 0.473 e. The van der Waals surface area contributed by atoms with E-state index in [4.69, 9.17) is 29.4 Å². The van der Waals surface area contributed by atoms with Crippen molar-refractivity contribution in [1.82, 2.24) is 14.5 Å². The zero-order chi connectivity index (χ0) is 30.1. The van der Waals surface area contributed by atoms with E-state index in [0.717, 1.165) is 16.7 Å². The number of anilines is 1. The Morgan fingerprint density at radius 1 is 0.773 bits per heavy atom. The summed E-state index contributed by atoms with van der Waals surface area (Å²) in [6.07, 6.45) is 1.57. The Hall–Kier alpha value is -4.54. The van der Waals surface area contributed by atoms with Crippen molar-refractivity contribution < 1.29 is 23.7 Å². The first-order valence-electron chi connectivity index (χ1n) is 14.7. The lowest BCUT2D eigenvalue weighted by Crippen LogP contribution is -2.38. The number of nitrogens with zero attached hydrogens (tertiary/aromatic N) is 3. The Kier molecular flexibility index (Phi) is 9.59. The minimum Gasteiger partial charge on any atom is -0.473 e. The van der Waals surface area contributed by atoms with Crippen LogP contribution in [0.5, 0.6) is 5.88 Å². The number of aromatic nitrogens is 3. The van der Waals surface area contributed by atoms with Crippen LogP contribution in [0.1, 0.15) is 22.9 Å². The average Bonchev–Trinajstić information content (AvgIpc) is 3.63. The van der Waals surface area contributed by atoms with E-state index in [1.807, 2.05) is 108 Å². The van der Waals surface area contributed by atoms with Gasteiger partial charge in [0, 0.05) is 6.20 Å². The minimum atomic E-state index is -0.594. The van der Waals surface area contributed by atoms with Gasteiger partial charge < -0.3 is 34.0 Å². The van der Waals surface area contributed by atoms with E-state index in [1.54, 1.807) is 6.08 Å². The predicted molar refractivity (Wildman–Crippen MR) is 168 cm³/mol. The van der Waals surface area contributed by atoms with Gasteiger partial charge in [0.25, 0.3) is 0 Å². The Bertz CT molecular complexity index is 1630. The van der Waals surface area contributed by atoms with Crippen LogP contribution in [0.4, 0.5) is 5.95 Å². The quantitative estimate of drug-likeness (QED) is 0.160. The smallest absolute Gasteiger partial charge is 0.228 e. The first kappa shape index (κ1) is 29.5. The fourth-order valence-electron chi connectivity index (χ4n) is 5.32. The lowest BCUT2D eigenvalue weighted by molar-refractivity contribution is -0.0913. The molecule has 1 fully saturated rings. The summed E-state index contributed by atoms with van der Waals surface area (Å²) in [5, 5.41) is 0.706. The van der Waals surface area contributed by atoms with Crippen molar-refractivity contribution in [3.05, 3.63) is 133 Å². The highest BCUT2D eigenvalue weighted by Gasteiger charge is 2.48. The number of nitrogens with two attached hydrogens (primary N) is 1. The highest BCUT2D eigenvalue weighted by atomic mass is 16.6. The van der Waals surface area contributed by atoms with Gasteiger partial charge in [-0.3, -0.25) is 0 Å². The zero-order valence-corrected chi connectivity index (χ0v) is 24.4. The maximum Gasteiger partial charge on any atom is 0.228 e. The zero-order valence-electron chi connectivity index (χ0n) is 24.4. The molecule has 1 saturated heterocycles. The van der Waals surface area contributed by atoms with Gasteiger partial charge in [0.15, 0.2) is 11.9 Å². The Balaban J connectivity index is 1.33. The predicted octanol–water partition coefficient (Wildman–Crippen LogP) is 5.86. The molecule has 226 valence electrons. The highest BCUT2D eigenvalue weighted by molar-refractivity contribution is 5.82. The normalized spacial score (nSPS) is 19.7. The fourth-order valence-corrected chi connectivity index (χ4v) is 5.32. The number of benzene rings is 3.